The molecule has 0 unspecified atom stereocenters. The maximum absolute atomic E-state index is 12.6. The van der Waals surface area contributed by atoms with Gasteiger partial charge in [0.2, 0.25) is 5.91 Å². The fourth-order valence-corrected chi connectivity index (χ4v) is 4.88. The van der Waals surface area contributed by atoms with Gasteiger partial charge in [0, 0.05) is 24.2 Å². The Hall–Kier alpha value is -2.74. The second kappa shape index (κ2) is 8.95. The van der Waals surface area contributed by atoms with Crippen molar-refractivity contribution in [2.45, 2.75) is 43.1 Å². The largest absolute Gasteiger partial charge is 0.490 e. The quantitative estimate of drug-likeness (QED) is 0.721. The molecule has 1 N–H and O–H groups in total. The van der Waals surface area contributed by atoms with Gasteiger partial charge in [-0.2, -0.15) is 0 Å². The van der Waals surface area contributed by atoms with Crippen LogP contribution in [-0.2, 0) is 14.6 Å². The predicted octanol–water partition coefficient (Wildman–Crippen LogP) is 3.58. The lowest BCUT2D eigenvalue weighted by Gasteiger charge is -2.18. The van der Waals surface area contributed by atoms with E-state index in [1.807, 2.05) is 12.1 Å². The molecule has 0 saturated heterocycles. The number of carbonyl (C=O) groups is 1. The van der Waals surface area contributed by atoms with E-state index in [-0.39, 0.29) is 29.1 Å². The first-order valence-electron chi connectivity index (χ1n) is 10.2. The van der Waals surface area contributed by atoms with Crippen LogP contribution >= 0.6 is 0 Å². The zero-order valence-corrected chi connectivity index (χ0v) is 17.4. The summed E-state index contributed by atoms with van der Waals surface area (Å²) in [5.41, 5.74) is 0.590. The van der Waals surface area contributed by atoms with Crippen molar-refractivity contribution in [3.05, 3.63) is 42.5 Å². The van der Waals surface area contributed by atoms with Crippen LogP contribution in [0.1, 0.15) is 32.1 Å². The molecule has 2 aliphatic rings. The monoisotopic (exact) mass is 431 g/mol. The van der Waals surface area contributed by atoms with Gasteiger partial charge in [-0.25, -0.2) is 8.42 Å². The van der Waals surface area contributed by atoms with Crippen molar-refractivity contribution >= 4 is 21.4 Å². The third-order valence-electron chi connectivity index (χ3n) is 5.19. The summed E-state index contributed by atoms with van der Waals surface area (Å²) in [5, 5.41) is 2.75. The van der Waals surface area contributed by atoms with Crippen LogP contribution < -0.4 is 19.5 Å². The number of ether oxygens (including phenoxy) is 3. The number of hydrogen-bond acceptors (Lipinski definition) is 6. The number of nitrogens with one attached hydrogen (secondary N) is 1. The minimum atomic E-state index is -3.63. The lowest BCUT2D eigenvalue weighted by Crippen LogP contribution is -2.18. The van der Waals surface area contributed by atoms with Gasteiger partial charge in [-0.1, -0.05) is 6.07 Å². The minimum absolute atomic E-state index is 0.117. The molecule has 8 heteroatoms. The molecule has 0 atom stereocenters. The molecule has 1 amide bonds. The Kier molecular flexibility index (Phi) is 6.13. The van der Waals surface area contributed by atoms with Crippen molar-refractivity contribution in [1.82, 2.24) is 0 Å². The van der Waals surface area contributed by atoms with Crippen molar-refractivity contribution in [2.75, 3.05) is 24.3 Å². The zero-order valence-electron chi connectivity index (χ0n) is 16.6. The summed E-state index contributed by atoms with van der Waals surface area (Å²) in [6, 6.07) is 11.7. The van der Waals surface area contributed by atoms with E-state index in [0.717, 1.165) is 12.8 Å². The van der Waals surface area contributed by atoms with Crippen LogP contribution in [-0.4, -0.2) is 39.4 Å². The highest BCUT2D eigenvalue weighted by atomic mass is 32.2. The summed E-state index contributed by atoms with van der Waals surface area (Å²) in [6.45, 7) is 0.814. The Morgan fingerprint density at radius 1 is 1.03 bits per heavy atom. The number of sulfone groups is 1. The number of benzene rings is 2. The van der Waals surface area contributed by atoms with E-state index in [4.69, 9.17) is 14.2 Å². The predicted molar refractivity (Wildman–Crippen MR) is 112 cm³/mol. The molecular weight excluding hydrogens is 406 g/mol. The zero-order chi connectivity index (χ0) is 21.0. The number of hydrogen-bond donors (Lipinski definition) is 1. The Morgan fingerprint density at radius 2 is 1.80 bits per heavy atom. The average molecular weight is 432 g/mol. The van der Waals surface area contributed by atoms with Gasteiger partial charge < -0.3 is 19.5 Å². The molecule has 1 fully saturated rings. The summed E-state index contributed by atoms with van der Waals surface area (Å²) < 4.78 is 42.1. The van der Waals surface area contributed by atoms with Crippen LogP contribution in [0.25, 0.3) is 0 Å². The van der Waals surface area contributed by atoms with Gasteiger partial charge in [-0.15, -0.1) is 0 Å². The molecule has 160 valence electrons. The van der Waals surface area contributed by atoms with Gasteiger partial charge in [0.1, 0.15) is 19.0 Å². The Labute approximate surface area is 176 Å². The van der Waals surface area contributed by atoms with E-state index >= 15 is 0 Å². The third-order valence-corrected chi connectivity index (χ3v) is 6.91. The van der Waals surface area contributed by atoms with Crippen molar-refractivity contribution in [2.24, 2.45) is 0 Å². The minimum Gasteiger partial charge on any atom is -0.490 e. The van der Waals surface area contributed by atoms with Crippen LogP contribution in [0.4, 0.5) is 5.69 Å². The molecule has 2 aromatic rings. The van der Waals surface area contributed by atoms with Crippen LogP contribution in [0.3, 0.4) is 0 Å². The number of rotatable bonds is 7. The molecule has 1 aliphatic heterocycles. The SMILES string of the molecule is O=C(CCS(=O)(=O)c1ccc2c(c1)OCCO2)Nc1cccc(OC2CCCC2)c1. The Morgan fingerprint density at radius 3 is 2.60 bits per heavy atom. The van der Waals surface area contributed by atoms with E-state index in [0.29, 0.717) is 36.1 Å². The average Bonchev–Trinajstić information content (AvgIpc) is 3.25. The molecule has 7 nitrogen and oxygen atoms in total. The summed E-state index contributed by atoms with van der Waals surface area (Å²) in [6.07, 6.45) is 4.54. The van der Waals surface area contributed by atoms with E-state index in [1.165, 1.54) is 25.0 Å². The molecule has 0 bridgehead atoms. The van der Waals surface area contributed by atoms with E-state index < -0.39 is 9.84 Å². The molecule has 0 spiro atoms. The first-order valence-corrected chi connectivity index (χ1v) is 11.8. The van der Waals surface area contributed by atoms with Crippen molar-refractivity contribution < 1.29 is 27.4 Å². The standard InChI is InChI=1S/C22H25NO6S/c24-22(23-16-4-3-7-18(14-16)29-17-5-1-2-6-17)10-13-30(25,26)19-8-9-20-21(15-19)28-12-11-27-20/h3-4,7-9,14-15,17H,1-2,5-6,10-13H2,(H,23,24). The van der Waals surface area contributed by atoms with Crippen LogP contribution in [0, 0.1) is 0 Å². The molecule has 1 saturated carbocycles. The highest BCUT2D eigenvalue weighted by molar-refractivity contribution is 7.91. The van der Waals surface area contributed by atoms with Gasteiger partial charge >= 0.3 is 0 Å². The molecule has 1 heterocycles. The lowest BCUT2D eigenvalue weighted by molar-refractivity contribution is -0.115. The summed E-state index contributed by atoms with van der Waals surface area (Å²) in [7, 11) is -3.63. The van der Waals surface area contributed by atoms with Gasteiger partial charge in [0.25, 0.3) is 0 Å². The molecule has 2 aromatic carbocycles. The van der Waals surface area contributed by atoms with Crippen molar-refractivity contribution in [1.29, 1.82) is 0 Å². The molecule has 1 aliphatic carbocycles. The highest BCUT2D eigenvalue weighted by Gasteiger charge is 2.21. The van der Waals surface area contributed by atoms with E-state index in [2.05, 4.69) is 5.32 Å². The fraction of sp³-hybridized carbons (Fsp3) is 0.409. The normalized spacial score (nSPS) is 16.3. The van der Waals surface area contributed by atoms with Crippen LogP contribution in [0.15, 0.2) is 47.4 Å². The smallest absolute Gasteiger partial charge is 0.225 e. The van der Waals surface area contributed by atoms with Crippen LogP contribution in [0.2, 0.25) is 0 Å². The number of fused-ring (bicyclic) bond motifs is 1. The van der Waals surface area contributed by atoms with Gasteiger partial charge in [0.05, 0.1) is 16.8 Å². The summed E-state index contributed by atoms with van der Waals surface area (Å²) >= 11 is 0. The maximum atomic E-state index is 12.6. The number of carbonyl (C=O) groups excluding carboxylic acids is 1. The molecular formula is C22H25NO6S. The summed E-state index contributed by atoms with van der Waals surface area (Å²) in [5.74, 6) is 0.984. The maximum Gasteiger partial charge on any atom is 0.225 e. The fourth-order valence-electron chi connectivity index (χ4n) is 3.63. The van der Waals surface area contributed by atoms with Gasteiger partial charge in [-0.05, 0) is 49.9 Å². The first kappa shape index (κ1) is 20.5. The second-order valence-corrected chi connectivity index (χ2v) is 9.58. The van der Waals surface area contributed by atoms with Gasteiger partial charge in [0.15, 0.2) is 21.3 Å². The third kappa shape index (κ3) is 5.05. The summed E-state index contributed by atoms with van der Waals surface area (Å²) in [4.78, 5) is 12.4. The molecule has 0 aromatic heterocycles. The van der Waals surface area contributed by atoms with Crippen molar-refractivity contribution in [3.63, 3.8) is 0 Å². The van der Waals surface area contributed by atoms with Gasteiger partial charge in [-0.3, -0.25) is 4.79 Å². The lowest BCUT2D eigenvalue weighted by atomic mass is 10.2. The highest BCUT2D eigenvalue weighted by Crippen LogP contribution is 2.32. The Balaban J connectivity index is 1.34. The van der Waals surface area contributed by atoms with Crippen molar-refractivity contribution in [3.8, 4) is 17.2 Å². The van der Waals surface area contributed by atoms with E-state index in [1.54, 1.807) is 18.2 Å². The number of amides is 1. The second-order valence-electron chi connectivity index (χ2n) is 7.47. The first-order chi connectivity index (χ1) is 14.5. The molecule has 30 heavy (non-hydrogen) atoms. The Bertz CT molecular complexity index is 1010. The molecule has 4 rings (SSSR count). The molecule has 0 radical (unpaired) electrons. The number of anilines is 1. The van der Waals surface area contributed by atoms with Crippen LogP contribution in [0.5, 0.6) is 17.2 Å². The van der Waals surface area contributed by atoms with E-state index in [9.17, 15) is 13.2 Å². The topological polar surface area (TPSA) is 90.9 Å².